The van der Waals surface area contributed by atoms with E-state index in [-0.39, 0.29) is 5.97 Å². The second-order valence-corrected chi connectivity index (χ2v) is 5.93. The molecular weight excluding hydrogens is 268 g/mol. The maximum atomic E-state index is 11.6. The molecule has 1 saturated carbocycles. The van der Waals surface area contributed by atoms with Gasteiger partial charge < -0.3 is 14.8 Å². The van der Waals surface area contributed by atoms with Gasteiger partial charge in [0, 0.05) is 12.6 Å². The van der Waals surface area contributed by atoms with Crippen molar-refractivity contribution in [3.8, 4) is 0 Å². The van der Waals surface area contributed by atoms with Gasteiger partial charge in [-0.3, -0.25) is 0 Å². The van der Waals surface area contributed by atoms with Crippen LogP contribution in [-0.4, -0.2) is 36.8 Å². The van der Waals surface area contributed by atoms with Crippen LogP contribution in [0.2, 0.25) is 0 Å². The summed E-state index contributed by atoms with van der Waals surface area (Å²) in [5, 5.41) is 3.48. The number of aromatic nitrogens is 1. The number of ether oxygens (including phenoxy) is 2. The molecule has 1 saturated heterocycles. The summed E-state index contributed by atoms with van der Waals surface area (Å²) in [4.78, 5) is 16.0. The molecule has 0 radical (unpaired) electrons. The Labute approximate surface area is 125 Å². The van der Waals surface area contributed by atoms with E-state index >= 15 is 0 Å². The normalized spacial score (nSPS) is 25.4. The molecule has 21 heavy (non-hydrogen) atoms. The van der Waals surface area contributed by atoms with Crippen LogP contribution in [0.3, 0.4) is 0 Å². The number of carbonyl (C=O) groups excluding carboxylic acids is 1. The van der Waals surface area contributed by atoms with E-state index in [1.807, 2.05) is 13.0 Å². The second kappa shape index (κ2) is 6.02. The Hall–Kier alpha value is -1.62. The van der Waals surface area contributed by atoms with E-state index in [9.17, 15) is 4.79 Å². The van der Waals surface area contributed by atoms with Crippen LogP contribution in [0.15, 0.2) is 12.1 Å². The monoisotopic (exact) mass is 290 g/mol. The van der Waals surface area contributed by atoms with E-state index in [0.29, 0.717) is 23.4 Å². The molecule has 1 aromatic heterocycles. The molecule has 0 bridgehead atoms. The summed E-state index contributed by atoms with van der Waals surface area (Å²) in [7, 11) is 1.38. The predicted molar refractivity (Wildman–Crippen MR) is 79.4 cm³/mol. The number of anilines is 1. The molecule has 0 spiro atoms. The molecule has 1 aliphatic carbocycles. The van der Waals surface area contributed by atoms with E-state index in [2.05, 4.69) is 10.3 Å². The van der Waals surface area contributed by atoms with Crippen LogP contribution in [0.1, 0.15) is 41.7 Å². The largest absolute Gasteiger partial charge is 0.465 e. The maximum absolute atomic E-state index is 11.6. The number of carbonyl (C=O) groups is 1. The van der Waals surface area contributed by atoms with Gasteiger partial charge >= 0.3 is 5.97 Å². The fourth-order valence-electron chi connectivity index (χ4n) is 2.93. The average molecular weight is 290 g/mol. The minimum Gasteiger partial charge on any atom is -0.465 e. The first-order valence-corrected chi connectivity index (χ1v) is 7.61. The summed E-state index contributed by atoms with van der Waals surface area (Å²) in [6.07, 6.45) is 5.07. The minimum atomic E-state index is -0.341. The summed E-state index contributed by atoms with van der Waals surface area (Å²) in [5.41, 5.74) is 1.21. The molecule has 0 aromatic carbocycles. The number of nitrogens with one attached hydrogen (secondary N) is 1. The van der Waals surface area contributed by atoms with Crippen molar-refractivity contribution in [1.82, 2.24) is 4.98 Å². The van der Waals surface area contributed by atoms with Crippen molar-refractivity contribution in [1.29, 1.82) is 0 Å². The highest BCUT2D eigenvalue weighted by molar-refractivity contribution is 5.90. The van der Waals surface area contributed by atoms with Crippen LogP contribution in [0.25, 0.3) is 0 Å². The lowest BCUT2D eigenvalue weighted by Crippen LogP contribution is -2.35. The van der Waals surface area contributed by atoms with Crippen molar-refractivity contribution >= 4 is 11.8 Å². The van der Waals surface area contributed by atoms with Gasteiger partial charge in [-0.05, 0) is 50.7 Å². The van der Waals surface area contributed by atoms with E-state index in [0.717, 1.165) is 31.2 Å². The van der Waals surface area contributed by atoms with Crippen LogP contribution in [-0.2, 0) is 9.47 Å². The summed E-state index contributed by atoms with van der Waals surface area (Å²) >= 11 is 0. The number of hydrogen-bond acceptors (Lipinski definition) is 5. The lowest BCUT2D eigenvalue weighted by atomic mass is 10.00. The van der Waals surface area contributed by atoms with Gasteiger partial charge in [0.2, 0.25) is 0 Å². The molecular formula is C16H22N2O3. The van der Waals surface area contributed by atoms with Gasteiger partial charge in [0.05, 0.1) is 24.5 Å². The highest BCUT2D eigenvalue weighted by Gasteiger charge is 2.35. The van der Waals surface area contributed by atoms with Gasteiger partial charge in [0.25, 0.3) is 0 Å². The Bertz CT molecular complexity index is 528. The van der Waals surface area contributed by atoms with Crippen LogP contribution in [0.5, 0.6) is 0 Å². The molecule has 2 unspecified atom stereocenters. The Morgan fingerprint density at radius 1 is 1.38 bits per heavy atom. The molecule has 114 valence electrons. The summed E-state index contributed by atoms with van der Waals surface area (Å²) in [6.45, 7) is 2.65. The van der Waals surface area contributed by atoms with E-state index in [1.54, 1.807) is 6.07 Å². The molecule has 3 rings (SSSR count). The molecule has 2 atom stereocenters. The van der Waals surface area contributed by atoms with Crippen LogP contribution < -0.4 is 5.32 Å². The standard InChI is InChI=1S/C16H22N2O3/c1-10-13(16(19)20-2)5-6-15(17-10)18-12-7-8-21-14(9-12)11-3-4-11/h5-6,11-12,14H,3-4,7-9H2,1-2H3,(H,17,18). The first kappa shape index (κ1) is 14.3. The number of pyridine rings is 1. The first-order valence-electron chi connectivity index (χ1n) is 7.61. The summed E-state index contributed by atoms with van der Waals surface area (Å²) in [5.74, 6) is 1.25. The summed E-state index contributed by atoms with van der Waals surface area (Å²) in [6, 6.07) is 4.02. The van der Waals surface area contributed by atoms with E-state index < -0.39 is 0 Å². The smallest absolute Gasteiger partial charge is 0.339 e. The van der Waals surface area contributed by atoms with E-state index in [1.165, 1.54) is 20.0 Å². The number of esters is 1. The SMILES string of the molecule is COC(=O)c1ccc(NC2CCOC(C3CC3)C2)nc1C. The molecule has 5 heteroatoms. The number of rotatable bonds is 4. The predicted octanol–water partition coefficient (Wildman–Crippen LogP) is 2.55. The van der Waals surface area contributed by atoms with Crippen LogP contribution in [0.4, 0.5) is 5.82 Å². The zero-order valence-corrected chi connectivity index (χ0v) is 12.6. The number of nitrogens with zero attached hydrogens (tertiary/aromatic N) is 1. The third kappa shape index (κ3) is 3.35. The lowest BCUT2D eigenvalue weighted by Gasteiger charge is -2.30. The highest BCUT2D eigenvalue weighted by atomic mass is 16.5. The fourth-order valence-corrected chi connectivity index (χ4v) is 2.93. The lowest BCUT2D eigenvalue weighted by molar-refractivity contribution is -0.00223. The van der Waals surface area contributed by atoms with Crippen molar-refractivity contribution < 1.29 is 14.3 Å². The molecule has 5 nitrogen and oxygen atoms in total. The van der Waals surface area contributed by atoms with Crippen molar-refractivity contribution in [2.45, 2.75) is 44.8 Å². The summed E-state index contributed by atoms with van der Waals surface area (Å²) < 4.78 is 10.6. The molecule has 1 aliphatic heterocycles. The third-order valence-electron chi connectivity index (χ3n) is 4.31. The van der Waals surface area contributed by atoms with Crippen molar-refractivity contribution in [2.24, 2.45) is 5.92 Å². The molecule has 2 heterocycles. The third-order valence-corrected chi connectivity index (χ3v) is 4.31. The van der Waals surface area contributed by atoms with Crippen molar-refractivity contribution in [3.63, 3.8) is 0 Å². The van der Waals surface area contributed by atoms with Gasteiger partial charge in [-0.15, -0.1) is 0 Å². The maximum Gasteiger partial charge on any atom is 0.339 e. The number of hydrogen-bond donors (Lipinski definition) is 1. The molecule has 2 aliphatic rings. The van der Waals surface area contributed by atoms with Crippen molar-refractivity contribution in [2.75, 3.05) is 19.0 Å². The van der Waals surface area contributed by atoms with E-state index in [4.69, 9.17) is 9.47 Å². The Kier molecular flexibility index (Phi) is 4.10. The zero-order valence-electron chi connectivity index (χ0n) is 12.6. The number of aryl methyl sites for hydroxylation is 1. The fraction of sp³-hybridized carbons (Fsp3) is 0.625. The average Bonchev–Trinajstić information content (AvgIpc) is 3.32. The Morgan fingerprint density at radius 3 is 2.86 bits per heavy atom. The Balaban J connectivity index is 1.64. The highest BCUT2D eigenvalue weighted by Crippen LogP contribution is 2.38. The first-order chi connectivity index (χ1) is 10.2. The zero-order chi connectivity index (χ0) is 14.8. The molecule has 1 aromatic rings. The van der Waals surface area contributed by atoms with Gasteiger partial charge in [-0.2, -0.15) is 0 Å². The molecule has 1 N–H and O–H groups in total. The van der Waals surface area contributed by atoms with Crippen molar-refractivity contribution in [3.05, 3.63) is 23.4 Å². The van der Waals surface area contributed by atoms with Gasteiger partial charge in [0.15, 0.2) is 0 Å². The minimum absolute atomic E-state index is 0.341. The second-order valence-electron chi connectivity index (χ2n) is 5.93. The van der Waals surface area contributed by atoms with Gasteiger partial charge in [-0.1, -0.05) is 0 Å². The van der Waals surface area contributed by atoms with Gasteiger partial charge in [-0.25, -0.2) is 9.78 Å². The molecule has 0 amide bonds. The topological polar surface area (TPSA) is 60.5 Å². The number of methoxy groups -OCH3 is 1. The van der Waals surface area contributed by atoms with Gasteiger partial charge in [0.1, 0.15) is 5.82 Å². The van der Waals surface area contributed by atoms with Crippen LogP contribution in [0, 0.1) is 12.8 Å². The quantitative estimate of drug-likeness (QED) is 0.864. The van der Waals surface area contributed by atoms with Crippen LogP contribution >= 0.6 is 0 Å². The molecule has 2 fully saturated rings. The Morgan fingerprint density at radius 2 is 2.19 bits per heavy atom.